The third-order valence-corrected chi connectivity index (χ3v) is 4.32. The van der Waals surface area contributed by atoms with E-state index in [1.54, 1.807) is 0 Å². The molecule has 23 heavy (non-hydrogen) atoms. The zero-order valence-electron chi connectivity index (χ0n) is 13.2. The zero-order chi connectivity index (χ0) is 17.0. The van der Waals surface area contributed by atoms with E-state index >= 15 is 0 Å². The third-order valence-electron chi connectivity index (χ3n) is 3.19. The number of nitrogens with zero attached hydrogens (tertiary/aromatic N) is 1. The van der Waals surface area contributed by atoms with Gasteiger partial charge in [-0.15, -0.1) is 0 Å². The summed E-state index contributed by atoms with van der Waals surface area (Å²) >= 11 is 1.10. The standard InChI is InChI=1S/C17H19NO4S/c1-4-14-16(18(9-15(19)20)17(21)23-14)12-5-7-13(8-6-12)22-10-11(2)3/h5-8H,2,4,9-10H2,1,3H3,(H,19,20). The summed E-state index contributed by atoms with van der Waals surface area (Å²) < 4.78 is 6.87. The van der Waals surface area contributed by atoms with Crippen molar-refractivity contribution in [2.24, 2.45) is 0 Å². The Morgan fingerprint density at radius 2 is 2.00 bits per heavy atom. The Morgan fingerprint density at radius 3 is 2.52 bits per heavy atom. The van der Waals surface area contributed by atoms with E-state index in [0.29, 0.717) is 24.5 Å². The molecule has 0 atom stereocenters. The van der Waals surface area contributed by atoms with Gasteiger partial charge in [0.2, 0.25) is 0 Å². The second-order valence-corrected chi connectivity index (χ2v) is 6.29. The zero-order valence-corrected chi connectivity index (χ0v) is 14.0. The lowest BCUT2D eigenvalue weighted by molar-refractivity contribution is -0.137. The third kappa shape index (κ3) is 4.10. The van der Waals surface area contributed by atoms with E-state index in [1.807, 2.05) is 38.1 Å². The van der Waals surface area contributed by atoms with Crippen molar-refractivity contribution in [3.8, 4) is 17.0 Å². The number of hydrogen-bond donors (Lipinski definition) is 1. The monoisotopic (exact) mass is 333 g/mol. The molecule has 0 saturated carbocycles. The van der Waals surface area contributed by atoms with Gasteiger partial charge in [0.1, 0.15) is 18.9 Å². The Hall–Kier alpha value is -2.34. The number of benzene rings is 1. The molecular formula is C17H19NO4S. The number of hydrogen-bond acceptors (Lipinski definition) is 4. The number of ether oxygens (including phenoxy) is 1. The van der Waals surface area contributed by atoms with E-state index in [0.717, 1.165) is 27.4 Å². The second kappa shape index (κ2) is 7.28. The quantitative estimate of drug-likeness (QED) is 0.790. The van der Waals surface area contributed by atoms with Crippen LogP contribution >= 0.6 is 11.3 Å². The van der Waals surface area contributed by atoms with E-state index in [-0.39, 0.29) is 11.4 Å². The highest BCUT2D eigenvalue weighted by Gasteiger charge is 2.17. The van der Waals surface area contributed by atoms with Crippen molar-refractivity contribution in [2.75, 3.05) is 6.61 Å². The lowest BCUT2D eigenvalue weighted by atomic mass is 10.1. The highest BCUT2D eigenvalue weighted by atomic mass is 32.1. The Morgan fingerprint density at radius 1 is 1.35 bits per heavy atom. The van der Waals surface area contributed by atoms with Crippen molar-refractivity contribution in [1.82, 2.24) is 4.57 Å². The van der Waals surface area contributed by atoms with Gasteiger partial charge in [0.15, 0.2) is 0 Å². The molecular weight excluding hydrogens is 314 g/mol. The Balaban J connectivity index is 2.38. The molecule has 0 spiro atoms. The molecule has 0 aliphatic carbocycles. The SMILES string of the molecule is C=C(C)COc1ccc(-c2c(CC)sc(=O)n2CC(=O)O)cc1. The molecule has 0 fully saturated rings. The summed E-state index contributed by atoms with van der Waals surface area (Å²) in [7, 11) is 0. The van der Waals surface area contributed by atoms with Gasteiger partial charge < -0.3 is 9.84 Å². The fourth-order valence-electron chi connectivity index (χ4n) is 2.20. The summed E-state index contributed by atoms with van der Waals surface area (Å²) in [6.07, 6.45) is 0.676. The van der Waals surface area contributed by atoms with Crippen molar-refractivity contribution in [1.29, 1.82) is 0 Å². The van der Waals surface area contributed by atoms with E-state index in [9.17, 15) is 9.59 Å². The number of thiazole rings is 1. The largest absolute Gasteiger partial charge is 0.489 e. The minimum Gasteiger partial charge on any atom is -0.489 e. The Bertz CT molecular complexity index is 771. The predicted octanol–water partition coefficient (Wildman–Crippen LogP) is 3.18. The van der Waals surface area contributed by atoms with Crippen LogP contribution in [0.15, 0.2) is 41.2 Å². The maximum atomic E-state index is 12.1. The number of carbonyl (C=O) groups is 1. The van der Waals surface area contributed by atoms with E-state index in [2.05, 4.69) is 6.58 Å². The van der Waals surface area contributed by atoms with Gasteiger partial charge in [0.05, 0.1) is 5.69 Å². The molecule has 0 bridgehead atoms. The van der Waals surface area contributed by atoms with Crippen molar-refractivity contribution < 1.29 is 14.6 Å². The van der Waals surface area contributed by atoms with Crippen LogP contribution < -0.4 is 9.61 Å². The molecule has 1 aromatic heterocycles. The number of rotatable bonds is 7. The first-order chi connectivity index (χ1) is 10.9. The van der Waals surface area contributed by atoms with Crippen molar-refractivity contribution >= 4 is 17.3 Å². The lowest BCUT2D eigenvalue weighted by Crippen LogP contribution is -2.19. The second-order valence-electron chi connectivity index (χ2n) is 5.24. The first-order valence-electron chi connectivity index (χ1n) is 7.24. The number of carboxylic acid groups (broad SMARTS) is 1. The predicted molar refractivity (Wildman–Crippen MR) is 91.3 cm³/mol. The van der Waals surface area contributed by atoms with Gasteiger partial charge in [-0.2, -0.15) is 0 Å². The highest BCUT2D eigenvalue weighted by Crippen LogP contribution is 2.28. The molecule has 2 rings (SSSR count). The minimum absolute atomic E-state index is 0.248. The van der Waals surface area contributed by atoms with Gasteiger partial charge in [0, 0.05) is 4.88 Å². The Kier molecular flexibility index (Phi) is 5.39. The van der Waals surface area contributed by atoms with Gasteiger partial charge >= 0.3 is 10.8 Å². The summed E-state index contributed by atoms with van der Waals surface area (Å²) in [5.74, 6) is -0.327. The molecule has 5 nitrogen and oxygen atoms in total. The Labute approximate surface area is 138 Å². The number of aliphatic carboxylic acids is 1. The van der Waals surface area contributed by atoms with Crippen molar-refractivity contribution in [3.05, 3.63) is 51.0 Å². The summed E-state index contributed by atoms with van der Waals surface area (Å²) in [5.41, 5.74) is 2.41. The van der Waals surface area contributed by atoms with Crippen molar-refractivity contribution in [3.63, 3.8) is 0 Å². The molecule has 0 aliphatic heterocycles. The van der Waals surface area contributed by atoms with Gasteiger partial charge in [-0.25, -0.2) is 0 Å². The summed E-state index contributed by atoms with van der Waals surface area (Å²) in [5, 5.41) is 9.03. The molecule has 2 aromatic rings. The number of aryl methyl sites for hydroxylation is 1. The molecule has 0 radical (unpaired) electrons. The first kappa shape index (κ1) is 17.0. The molecule has 1 aromatic carbocycles. The highest BCUT2D eigenvalue weighted by molar-refractivity contribution is 7.09. The first-order valence-corrected chi connectivity index (χ1v) is 8.06. The molecule has 6 heteroatoms. The molecule has 1 heterocycles. The van der Waals surface area contributed by atoms with E-state index < -0.39 is 5.97 Å². The van der Waals surface area contributed by atoms with Gasteiger partial charge in [-0.1, -0.05) is 24.8 Å². The molecule has 122 valence electrons. The van der Waals surface area contributed by atoms with Crippen LogP contribution in [0.1, 0.15) is 18.7 Å². The average Bonchev–Trinajstić information content (AvgIpc) is 2.81. The molecule has 0 saturated heterocycles. The molecule has 0 amide bonds. The fourth-order valence-corrected chi connectivity index (χ4v) is 3.15. The van der Waals surface area contributed by atoms with Crippen LogP contribution in [0.2, 0.25) is 0 Å². The van der Waals surface area contributed by atoms with Gasteiger partial charge in [0.25, 0.3) is 0 Å². The summed E-state index contributed by atoms with van der Waals surface area (Å²) in [6, 6.07) is 7.30. The molecule has 0 unspecified atom stereocenters. The van der Waals surface area contributed by atoms with Crippen LogP contribution in [0.4, 0.5) is 0 Å². The van der Waals surface area contributed by atoms with Crippen molar-refractivity contribution in [2.45, 2.75) is 26.8 Å². The summed E-state index contributed by atoms with van der Waals surface area (Å²) in [6.45, 7) is 7.73. The lowest BCUT2D eigenvalue weighted by Gasteiger charge is -2.10. The van der Waals surface area contributed by atoms with Crippen LogP contribution in [0.25, 0.3) is 11.3 Å². The van der Waals surface area contributed by atoms with Crippen LogP contribution in [0.3, 0.4) is 0 Å². The maximum absolute atomic E-state index is 12.1. The maximum Gasteiger partial charge on any atom is 0.323 e. The van der Waals surface area contributed by atoms with Crippen LogP contribution in [0, 0.1) is 0 Å². The topological polar surface area (TPSA) is 68.5 Å². The average molecular weight is 333 g/mol. The van der Waals surface area contributed by atoms with Crippen LogP contribution in [-0.4, -0.2) is 22.2 Å². The number of aromatic nitrogens is 1. The van der Waals surface area contributed by atoms with Crippen LogP contribution in [0.5, 0.6) is 5.75 Å². The van der Waals surface area contributed by atoms with E-state index in [4.69, 9.17) is 9.84 Å². The van der Waals surface area contributed by atoms with Gasteiger partial charge in [-0.05, 0) is 48.7 Å². The number of carboxylic acids is 1. The summed E-state index contributed by atoms with van der Waals surface area (Å²) in [4.78, 5) is 23.7. The van der Waals surface area contributed by atoms with Gasteiger partial charge in [-0.3, -0.25) is 14.2 Å². The molecule has 0 aliphatic rings. The smallest absolute Gasteiger partial charge is 0.323 e. The normalized spacial score (nSPS) is 10.5. The van der Waals surface area contributed by atoms with Crippen LogP contribution in [-0.2, 0) is 17.8 Å². The molecule has 1 N–H and O–H groups in total. The van der Waals surface area contributed by atoms with E-state index in [1.165, 1.54) is 4.57 Å². The minimum atomic E-state index is -1.03. The fraction of sp³-hybridized carbons (Fsp3) is 0.294.